The number of ether oxygens (including phenoxy) is 4. The van der Waals surface area contributed by atoms with Gasteiger partial charge in [-0.2, -0.15) is 0 Å². The number of hydrogen-bond donors (Lipinski definition) is 1. The van der Waals surface area contributed by atoms with Crippen LogP contribution in [0.25, 0.3) is 0 Å². The zero-order chi connectivity index (χ0) is 33.8. The van der Waals surface area contributed by atoms with Gasteiger partial charge in [-0.15, -0.1) is 29.6 Å². The van der Waals surface area contributed by atoms with Crippen LogP contribution in [0.2, 0.25) is 0 Å². The molecule has 1 aliphatic rings. The fourth-order valence-corrected chi connectivity index (χ4v) is 6.90. The summed E-state index contributed by atoms with van der Waals surface area (Å²) in [5.74, 6) is -1.92. The molecule has 3 aromatic rings. The molecule has 1 saturated heterocycles. The summed E-state index contributed by atoms with van der Waals surface area (Å²) >= 11 is -0.188. The lowest BCUT2D eigenvalue weighted by Gasteiger charge is -2.47. The summed E-state index contributed by atoms with van der Waals surface area (Å²) in [5.41, 5.74) is -0.118. The zero-order valence-electron chi connectivity index (χ0n) is 26.3. The van der Waals surface area contributed by atoms with Crippen LogP contribution in [0, 0.1) is 5.92 Å². The highest BCUT2D eigenvalue weighted by Gasteiger charge is 2.55. The summed E-state index contributed by atoms with van der Waals surface area (Å²) in [4.78, 5) is 40.9. The predicted molar refractivity (Wildman–Crippen MR) is 183 cm³/mol. The molecule has 248 valence electrons. The Kier molecular flexibility index (Phi) is 13.7. The molecule has 0 aromatic heterocycles. The molecule has 0 saturated carbocycles. The van der Waals surface area contributed by atoms with Gasteiger partial charge in [0.15, 0.2) is 18.3 Å². The van der Waals surface area contributed by atoms with Gasteiger partial charge in [0.2, 0.25) is 0 Å². The Hall–Kier alpha value is -3.87. The Balaban J connectivity index is 1.85. The van der Waals surface area contributed by atoms with Gasteiger partial charge in [-0.05, 0) is 54.5 Å². The van der Waals surface area contributed by atoms with Crippen molar-refractivity contribution >= 4 is 41.0 Å². The maximum atomic E-state index is 13.7. The average molecular weight is 678 g/mol. The molecule has 0 bridgehead atoms. The summed E-state index contributed by atoms with van der Waals surface area (Å²) in [6, 6.07) is 24.3. The molecule has 1 fully saturated rings. The van der Waals surface area contributed by atoms with Crippen molar-refractivity contribution in [2.24, 2.45) is 5.92 Å². The fraction of sp³-hybridized carbons (Fsp3) is 0.306. The molecule has 4 rings (SSSR count). The highest BCUT2D eigenvalue weighted by molar-refractivity contribution is 7.99. The molecule has 1 aliphatic heterocycles. The summed E-state index contributed by atoms with van der Waals surface area (Å²) < 4.78 is 40.7. The largest absolute Gasteiger partial charge is 0.598 e. The molecule has 9 nitrogen and oxygen atoms in total. The molecule has 1 heterocycles. The van der Waals surface area contributed by atoms with E-state index in [1.54, 1.807) is 103 Å². The smallest absolute Gasteiger partial charge is 0.338 e. The molecule has 0 amide bonds. The number of rotatable bonds is 15. The first-order chi connectivity index (χ1) is 22.7. The summed E-state index contributed by atoms with van der Waals surface area (Å²) in [5, 5.41) is 0. The molecule has 5 unspecified atom stereocenters. The van der Waals surface area contributed by atoms with E-state index in [4.69, 9.17) is 18.9 Å². The lowest BCUT2D eigenvalue weighted by Crippen LogP contribution is -2.66. The lowest BCUT2D eigenvalue weighted by atomic mass is 9.88. The molecule has 0 spiro atoms. The number of thioether (sulfide) groups is 1. The van der Waals surface area contributed by atoms with Crippen molar-refractivity contribution in [1.29, 1.82) is 0 Å². The molecule has 0 radical (unpaired) electrons. The zero-order valence-corrected chi connectivity index (χ0v) is 27.9. The third-order valence-corrected chi connectivity index (χ3v) is 9.27. The first-order valence-corrected chi connectivity index (χ1v) is 17.7. The molecule has 3 aromatic carbocycles. The van der Waals surface area contributed by atoms with Crippen LogP contribution >= 0.6 is 11.8 Å². The Morgan fingerprint density at radius 3 is 1.70 bits per heavy atom. The Bertz CT molecular complexity index is 1470. The molecule has 8 atom stereocenters. The van der Waals surface area contributed by atoms with Crippen molar-refractivity contribution in [2.75, 3.05) is 12.0 Å². The highest BCUT2D eigenvalue weighted by Crippen LogP contribution is 2.38. The van der Waals surface area contributed by atoms with E-state index in [-0.39, 0.29) is 22.6 Å². The first kappa shape index (κ1) is 36.0. The van der Waals surface area contributed by atoms with Crippen molar-refractivity contribution in [3.8, 4) is 0 Å². The minimum atomic E-state index is -1.53. The number of carbonyl (C=O) groups is 3. The van der Waals surface area contributed by atoms with E-state index < -0.39 is 65.2 Å². The summed E-state index contributed by atoms with van der Waals surface area (Å²) in [7, 11) is 0. The van der Waals surface area contributed by atoms with Crippen LogP contribution in [-0.2, 0) is 30.3 Å². The highest BCUT2D eigenvalue weighted by atomic mass is 32.2. The van der Waals surface area contributed by atoms with E-state index in [1.165, 1.54) is 18.0 Å². The predicted octanol–water partition coefficient (Wildman–Crippen LogP) is 5.77. The number of benzene rings is 3. The van der Waals surface area contributed by atoms with Gasteiger partial charge in [-0.3, -0.25) is 0 Å². The van der Waals surface area contributed by atoms with E-state index in [0.717, 1.165) is 0 Å². The van der Waals surface area contributed by atoms with E-state index >= 15 is 0 Å². The minimum Gasteiger partial charge on any atom is -0.598 e. The van der Waals surface area contributed by atoms with Gasteiger partial charge in [0.05, 0.1) is 22.7 Å². The van der Waals surface area contributed by atoms with Crippen LogP contribution in [-0.4, -0.2) is 70.4 Å². The maximum absolute atomic E-state index is 13.7. The number of hydrogen-bond acceptors (Lipinski definition) is 10. The number of carbonyl (C=O) groups excluding carboxylic acids is 3. The molecule has 47 heavy (non-hydrogen) atoms. The van der Waals surface area contributed by atoms with Crippen molar-refractivity contribution in [2.45, 2.75) is 49.2 Å². The van der Waals surface area contributed by atoms with Crippen molar-refractivity contribution < 1.29 is 37.9 Å². The Morgan fingerprint density at radius 2 is 1.28 bits per heavy atom. The van der Waals surface area contributed by atoms with Gasteiger partial charge < -0.3 is 23.5 Å². The van der Waals surface area contributed by atoms with Crippen LogP contribution in [0.1, 0.15) is 44.4 Å². The van der Waals surface area contributed by atoms with Crippen molar-refractivity contribution in [1.82, 2.24) is 4.72 Å². The van der Waals surface area contributed by atoms with Crippen LogP contribution < -0.4 is 4.72 Å². The Labute approximate surface area is 283 Å². The lowest BCUT2D eigenvalue weighted by molar-refractivity contribution is -0.207. The number of esters is 3. The van der Waals surface area contributed by atoms with E-state index in [2.05, 4.69) is 17.9 Å². The topological polar surface area (TPSA) is 123 Å². The van der Waals surface area contributed by atoms with Gasteiger partial charge in [0, 0.05) is 11.4 Å². The van der Waals surface area contributed by atoms with Crippen LogP contribution in [0.3, 0.4) is 0 Å². The van der Waals surface area contributed by atoms with Gasteiger partial charge in [-0.1, -0.05) is 73.7 Å². The maximum Gasteiger partial charge on any atom is 0.338 e. The molecular formula is C36H39NO8S2. The van der Waals surface area contributed by atoms with Crippen LogP contribution in [0.15, 0.2) is 116 Å². The number of allylic oxidation sites excluding steroid dienone is 1. The molecular weight excluding hydrogens is 639 g/mol. The van der Waals surface area contributed by atoms with Gasteiger partial charge in [0.25, 0.3) is 0 Å². The number of nitrogens with one attached hydrogen (secondary N) is 1. The van der Waals surface area contributed by atoms with Crippen LogP contribution in [0.4, 0.5) is 0 Å². The molecule has 11 heteroatoms. The summed E-state index contributed by atoms with van der Waals surface area (Å²) in [6.45, 7) is 9.57. The van der Waals surface area contributed by atoms with Gasteiger partial charge in [0.1, 0.15) is 17.8 Å². The van der Waals surface area contributed by atoms with E-state index in [1.807, 2.05) is 6.92 Å². The third-order valence-electron chi connectivity index (χ3n) is 7.49. The van der Waals surface area contributed by atoms with Crippen molar-refractivity contribution in [3.05, 3.63) is 133 Å². The standard InChI is InChI=1S/C36H39NO8S2/c1-5-7-23-46-36-32(44-35(40)27-21-15-10-16-22-27)31(43-34(39)26-19-13-9-14-20-26)30(42-33(38)25-17-11-8-12-18-25)29(45-36)28(24(3)6-2)37-47(4)41/h5-6,8-22,24,28-32,36-37H,1-2,7,23H2,3-4H3/t24-,28-,29?,30?,31?,32?,36?,47-/m1/s1. The van der Waals surface area contributed by atoms with E-state index in [0.29, 0.717) is 12.2 Å². The second kappa shape index (κ2) is 17.9. The molecule has 0 aliphatic carbocycles. The summed E-state index contributed by atoms with van der Waals surface area (Å²) in [6.07, 6.45) is 0.598. The monoisotopic (exact) mass is 677 g/mol. The van der Waals surface area contributed by atoms with Gasteiger partial charge in [-0.25, -0.2) is 14.4 Å². The fourth-order valence-electron chi connectivity index (χ4n) is 5.03. The van der Waals surface area contributed by atoms with Crippen molar-refractivity contribution in [3.63, 3.8) is 0 Å². The van der Waals surface area contributed by atoms with Gasteiger partial charge >= 0.3 is 17.9 Å². The van der Waals surface area contributed by atoms with E-state index in [9.17, 15) is 18.9 Å². The normalized spacial score (nSPS) is 22.6. The first-order valence-electron chi connectivity index (χ1n) is 15.1. The average Bonchev–Trinajstić information content (AvgIpc) is 3.10. The van der Waals surface area contributed by atoms with Crippen LogP contribution in [0.5, 0.6) is 0 Å². The third kappa shape index (κ3) is 9.82. The second-order valence-corrected chi connectivity index (χ2v) is 13.2. The SMILES string of the molecule is C=CCCSC1OC([C@H](N[S@@+](C)[O-])[C@H](C)C=C)C(OC(=O)c2ccccc2)C(OC(=O)c2ccccc2)C1OC(=O)c1ccccc1. The quantitative estimate of drug-likeness (QED) is 0.0697. The second-order valence-electron chi connectivity index (χ2n) is 10.8. The Morgan fingerprint density at radius 1 is 0.830 bits per heavy atom. The minimum absolute atomic E-state index is 0.247. The molecule has 1 N–H and O–H groups in total.